The standard InChI is InChI=1S/C46H28S/c1-3-16-34-29(11-1)13-10-22-35(34)31-14-9-15-32(27-31)44-38-18-5-7-20-40(38)45(41-21-8-6-19-39(41)44)33-24-25-37-42-26-23-30-12-2-4-17-36(30)46(42)47-43(37)28-33/h1-28H. The zero-order valence-corrected chi connectivity index (χ0v) is 26.4. The van der Waals surface area contributed by atoms with Gasteiger partial charge >= 0.3 is 0 Å². The summed E-state index contributed by atoms with van der Waals surface area (Å²) in [5, 5.41) is 13.0. The highest BCUT2D eigenvalue weighted by Crippen LogP contribution is 2.46. The molecule has 0 N–H and O–H groups in total. The van der Waals surface area contributed by atoms with Gasteiger partial charge in [-0.15, -0.1) is 11.3 Å². The molecule has 0 amide bonds. The molecule has 0 saturated heterocycles. The molecule has 9 aromatic carbocycles. The summed E-state index contributed by atoms with van der Waals surface area (Å²) >= 11 is 1.91. The molecule has 0 aliphatic heterocycles. The molecule has 47 heavy (non-hydrogen) atoms. The Hall–Kier alpha value is -5.76. The summed E-state index contributed by atoms with van der Waals surface area (Å²) in [4.78, 5) is 0. The van der Waals surface area contributed by atoms with Crippen molar-refractivity contribution < 1.29 is 0 Å². The zero-order valence-electron chi connectivity index (χ0n) is 25.6. The van der Waals surface area contributed by atoms with Gasteiger partial charge in [-0.05, 0) is 88.6 Å². The molecule has 0 saturated carbocycles. The lowest BCUT2D eigenvalue weighted by atomic mass is 9.85. The maximum absolute atomic E-state index is 2.42. The molecule has 0 nitrogen and oxygen atoms in total. The largest absolute Gasteiger partial charge is 0.135 e. The fourth-order valence-corrected chi connectivity index (χ4v) is 9.01. The van der Waals surface area contributed by atoms with Crippen LogP contribution in [-0.2, 0) is 0 Å². The van der Waals surface area contributed by atoms with Crippen molar-refractivity contribution in [1.29, 1.82) is 0 Å². The van der Waals surface area contributed by atoms with Crippen molar-refractivity contribution in [3.63, 3.8) is 0 Å². The van der Waals surface area contributed by atoms with Crippen LogP contribution in [0.5, 0.6) is 0 Å². The molecule has 0 unspecified atom stereocenters. The molecule has 0 aliphatic carbocycles. The average Bonchev–Trinajstić information content (AvgIpc) is 3.52. The second-order valence-corrected chi connectivity index (χ2v) is 13.5. The topological polar surface area (TPSA) is 0 Å². The minimum atomic E-state index is 1.24. The van der Waals surface area contributed by atoms with E-state index in [1.165, 1.54) is 96.6 Å². The Bertz CT molecular complexity index is 2790. The molecule has 218 valence electrons. The molecule has 0 aliphatic rings. The predicted octanol–water partition coefficient (Wildman–Crippen LogP) is 13.7. The molecular formula is C46H28S. The number of thiophene rings is 1. The van der Waals surface area contributed by atoms with E-state index in [2.05, 4.69) is 170 Å². The Morgan fingerprint density at radius 2 is 0.809 bits per heavy atom. The van der Waals surface area contributed by atoms with Crippen LogP contribution in [0.3, 0.4) is 0 Å². The van der Waals surface area contributed by atoms with Gasteiger partial charge in [-0.25, -0.2) is 0 Å². The molecule has 1 aromatic heterocycles. The van der Waals surface area contributed by atoms with Gasteiger partial charge in [0.15, 0.2) is 0 Å². The van der Waals surface area contributed by atoms with Gasteiger partial charge < -0.3 is 0 Å². The van der Waals surface area contributed by atoms with Gasteiger partial charge in [-0.3, -0.25) is 0 Å². The van der Waals surface area contributed by atoms with Crippen LogP contribution in [0.15, 0.2) is 170 Å². The Kier molecular flexibility index (Phi) is 5.85. The molecule has 10 rings (SSSR count). The first-order chi connectivity index (χ1) is 23.3. The maximum atomic E-state index is 2.42. The van der Waals surface area contributed by atoms with Crippen LogP contribution in [0.4, 0.5) is 0 Å². The Labute approximate surface area is 276 Å². The SMILES string of the molecule is c1cc(-c2cccc3ccccc23)cc(-c2c3ccccc3c(-c3ccc4c(c3)sc3c5ccccc5ccc43)c3ccccc23)c1. The van der Waals surface area contributed by atoms with E-state index >= 15 is 0 Å². The Morgan fingerprint density at radius 3 is 1.51 bits per heavy atom. The van der Waals surface area contributed by atoms with Crippen molar-refractivity contribution in [3.8, 4) is 33.4 Å². The first-order valence-electron chi connectivity index (χ1n) is 16.2. The molecule has 1 heterocycles. The molecule has 0 spiro atoms. The van der Waals surface area contributed by atoms with Crippen LogP contribution in [0, 0.1) is 0 Å². The summed E-state index contributed by atoms with van der Waals surface area (Å²) in [5.74, 6) is 0. The molecular weight excluding hydrogens is 585 g/mol. The van der Waals surface area contributed by atoms with Gasteiger partial charge in [0.2, 0.25) is 0 Å². The van der Waals surface area contributed by atoms with Crippen LogP contribution < -0.4 is 0 Å². The van der Waals surface area contributed by atoms with E-state index in [1.807, 2.05) is 11.3 Å². The van der Waals surface area contributed by atoms with Gasteiger partial charge in [0.25, 0.3) is 0 Å². The fraction of sp³-hybridized carbons (Fsp3) is 0. The summed E-state index contributed by atoms with van der Waals surface area (Å²) in [6.07, 6.45) is 0. The summed E-state index contributed by atoms with van der Waals surface area (Å²) in [5.41, 5.74) is 7.59. The highest BCUT2D eigenvalue weighted by molar-refractivity contribution is 7.26. The van der Waals surface area contributed by atoms with Crippen LogP contribution in [-0.4, -0.2) is 0 Å². The third-order valence-electron chi connectivity index (χ3n) is 9.84. The predicted molar refractivity (Wildman–Crippen MR) is 206 cm³/mol. The average molecular weight is 613 g/mol. The number of benzene rings is 9. The highest BCUT2D eigenvalue weighted by atomic mass is 32.1. The first-order valence-corrected chi connectivity index (χ1v) is 17.0. The lowest BCUT2D eigenvalue weighted by Gasteiger charge is -2.18. The summed E-state index contributed by atoms with van der Waals surface area (Å²) in [6.45, 7) is 0. The van der Waals surface area contributed by atoms with E-state index in [9.17, 15) is 0 Å². The first kappa shape index (κ1) is 26.5. The van der Waals surface area contributed by atoms with Crippen molar-refractivity contribution in [1.82, 2.24) is 0 Å². The molecule has 0 fully saturated rings. The number of hydrogen-bond acceptors (Lipinski definition) is 1. The van der Waals surface area contributed by atoms with Crippen molar-refractivity contribution in [3.05, 3.63) is 170 Å². The lowest BCUT2D eigenvalue weighted by Crippen LogP contribution is -1.91. The monoisotopic (exact) mass is 612 g/mol. The summed E-state index contributed by atoms with van der Waals surface area (Å²) < 4.78 is 2.69. The van der Waals surface area contributed by atoms with E-state index in [4.69, 9.17) is 0 Å². The van der Waals surface area contributed by atoms with E-state index in [0.29, 0.717) is 0 Å². The molecule has 10 aromatic rings. The second-order valence-electron chi connectivity index (χ2n) is 12.4. The molecule has 0 radical (unpaired) electrons. The fourth-order valence-electron chi connectivity index (χ4n) is 7.73. The number of fused-ring (bicyclic) bond motifs is 8. The summed E-state index contributed by atoms with van der Waals surface area (Å²) in [7, 11) is 0. The van der Waals surface area contributed by atoms with Gasteiger partial charge in [0.05, 0.1) is 0 Å². The van der Waals surface area contributed by atoms with E-state index in [1.54, 1.807) is 0 Å². The third kappa shape index (κ3) is 4.07. The smallest absolute Gasteiger partial charge is 0.0433 e. The van der Waals surface area contributed by atoms with Crippen LogP contribution in [0.25, 0.3) is 96.6 Å². The van der Waals surface area contributed by atoms with Crippen molar-refractivity contribution in [2.24, 2.45) is 0 Å². The minimum absolute atomic E-state index is 1.24. The minimum Gasteiger partial charge on any atom is -0.135 e. The lowest BCUT2D eigenvalue weighted by molar-refractivity contribution is 1.63. The Morgan fingerprint density at radius 1 is 0.298 bits per heavy atom. The van der Waals surface area contributed by atoms with Gasteiger partial charge in [-0.1, -0.05) is 158 Å². The molecule has 0 atom stereocenters. The van der Waals surface area contributed by atoms with Crippen LogP contribution in [0.2, 0.25) is 0 Å². The van der Waals surface area contributed by atoms with Crippen molar-refractivity contribution in [2.75, 3.05) is 0 Å². The van der Waals surface area contributed by atoms with Gasteiger partial charge in [-0.2, -0.15) is 0 Å². The van der Waals surface area contributed by atoms with Crippen molar-refractivity contribution >= 4 is 74.6 Å². The van der Waals surface area contributed by atoms with E-state index in [0.717, 1.165) is 0 Å². The normalized spacial score (nSPS) is 11.8. The second kappa shape index (κ2) is 10.4. The van der Waals surface area contributed by atoms with E-state index < -0.39 is 0 Å². The quantitative estimate of drug-likeness (QED) is 0.174. The van der Waals surface area contributed by atoms with E-state index in [-0.39, 0.29) is 0 Å². The third-order valence-corrected chi connectivity index (χ3v) is 11.0. The van der Waals surface area contributed by atoms with Crippen LogP contribution >= 0.6 is 11.3 Å². The van der Waals surface area contributed by atoms with Gasteiger partial charge in [0.1, 0.15) is 0 Å². The molecule has 0 bridgehead atoms. The molecule has 1 heteroatoms. The number of hydrogen-bond donors (Lipinski definition) is 0. The van der Waals surface area contributed by atoms with Gasteiger partial charge in [0, 0.05) is 20.2 Å². The van der Waals surface area contributed by atoms with Crippen LogP contribution in [0.1, 0.15) is 0 Å². The number of rotatable bonds is 3. The highest BCUT2D eigenvalue weighted by Gasteiger charge is 2.18. The Balaban J connectivity index is 1.22. The maximum Gasteiger partial charge on any atom is 0.0433 e. The zero-order chi connectivity index (χ0) is 30.9. The summed E-state index contributed by atoms with van der Waals surface area (Å²) in [6, 6.07) is 62.7. The van der Waals surface area contributed by atoms with Crippen molar-refractivity contribution in [2.45, 2.75) is 0 Å².